The fraction of sp³-hybridized carbons (Fsp3) is 0.333. The summed E-state index contributed by atoms with van der Waals surface area (Å²) in [6, 6.07) is 15.8. The van der Waals surface area contributed by atoms with Gasteiger partial charge in [0.2, 0.25) is 5.91 Å². The normalized spacial score (nSPS) is 12.5. The number of aromatic nitrogens is 3. The number of carbonyl (C=O) groups is 1. The van der Waals surface area contributed by atoms with E-state index in [1.165, 1.54) is 0 Å². The molecule has 0 spiro atoms. The number of rotatable bonds is 8. The highest BCUT2D eigenvalue weighted by molar-refractivity contribution is 5.86. The van der Waals surface area contributed by atoms with Crippen LogP contribution < -0.4 is 10.1 Å². The Balaban J connectivity index is 1.46. The summed E-state index contributed by atoms with van der Waals surface area (Å²) in [5.41, 5.74) is 2.98. The van der Waals surface area contributed by atoms with Crippen molar-refractivity contribution in [2.45, 2.75) is 39.3 Å². The Morgan fingerprint density at radius 3 is 2.77 bits per heavy atom. The van der Waals surface area contributed by atoms with Crippen molar-refractivity contribution in [3.8, 4) is 5.75 Å². The molecule has 0 aliphatic carbocycles. The lowest BCUT2D eigenvalue weighted by atomic mass is 10.0. The zero-order valence-electron chi connectivity index (χ0n) is 17.7. The summed E-state index contributed by atoms with van der Waals surface area (Å²) in [5, 5.41) is 4.24. The zero-order valence-corrected chi connectivity index (χ0v) is 17.7. The van der Waals surface area contributed by atoms with Gasteiger partial charge in [-0.2, -0.15) is 0 Å². The van der Waals surface area contributed by atoms with Crippen molar-refractivity contribution in [1.82, 2.24) is 19.9 Å². The van der Waals surface area contributed by atoms with Gasteiger partial charge >= 0.3 is 0 Å². The molecule has 6 nitrogen and oxygen atoms in total. The van der Waals surface area contributed by atoms with E-state index >= 15 is 0 Å². The van der Waals surface area contributed by atoms with E-state index in [1.807, 2.05) is 54.7 Å². The fourth-order valence-electron chi connectivity index (χ4n) is 3.90. The van der Waals surface area contributed by atoms with Gasteiger partial charge in [0.05, 0.1) is 29.7 Å². The second-order valence-corrected chi connectivity index (χ2v) is 8.04. The Morgan fingerprint density at radius 2 is 2.00 bits per heavy atom. The van der Waals surface area contributed by atoms with Gasteiger partial charge in [0.1, 0.15) is 11.6 Å². The zero-order chi connectivity index (χ0) is 21.1. The number of aromatic amines is 1. The molecule has 0 unspecified atom stereocenters. The molecule has 0 aliphatic rings. The Bertz CT molecular complexity index is 1130. The highest BCUT2D eigenvalue weighted by Crippen LogP contribution is 2.26. The number of H-pyrrole nitrogens is 1. The lowest BCUT2D eigenvalue weighted by Crippen LogP contribution is -2.30. The summed E-state index contributed by atoms with van der Waals surface area (Å²) < 4.78 is 7.52. The van der Waals surface area contributed by atoms with Crippen molar-refractivity contribution in [1.29, 1.82) is 0 Å². The molecule has 1 atom stereocenters. The third kappa shape index (κ3) is 4.17. The van der Waals surface area contributed by atoms with E-state index in [9.17, 15) is 4.79 Å². The quantitative estimate of drug-likeness (QED) is 0.442. The average molecular weight is 405 g/mol. The molecule has 4 rings (SSSR count). The molecule has 0 radical (unpaired) electrons. The van der Waals surface area contributed by atoms with Crippen LogP contribution in [0.5, 0.6) is 5.75 Å². The molecule has 2 aromatic carbocycles. The number of carbonyl (C=O) groups excluding carboxylic acids is 1. The van der Waals surface area contributed by atoms with Crippen LogP contribution in [0.25, 0.3) is 21.9 Å². The summed E-state index contributed by atoms with van der Waals surface area (Å²) in [4.78, 5) is 20.9. The van der Waals surface area contributed by atoms with Crippen LogP contribution >= 0.6 is 0 Å². The molecule has 4 aromatic rings. The largest absolute Gasteiger partial charge is 0.496 e. The van der Waals surface area contributed by atoms with Crippen molar-refractivity contribution in [2.75, 3.05) is 7.11 Å². The molecule has 2 heterocycles. The van der Waals surface area contributed by atoms with Gasteiger partial charge in [-0.25, -0.2) is 4.98 Å². The van der Waals surface area contributed by atoms with Crippen LogP contribution in [0.1, 0.15) is 38.6 Å². The minimum absolute atomic E-state index is 0.0193. The van der Waals surface area contributed by atoms with Crippen LogP contribution in [0.4, 0.5) is 0 Å². The molecule has 0 fully saturated rings. The molecular weight excluding hydrogens is 376 g/mol. The SMILES string of the molecule is COc1cccc2c1ccn2CCC(=O)N[C@@H](CC(C)C)c1nc2ccccc2[nH]1. The van der Waals surface area contributed by atoms with Gasteiger partial charge in [-0.05, 0) is 42.7 Å². The topological polar surface area (TPSA) is 71.9 Å². The summed E-state index contributed by atoms with van der Waals surface area (Å²) in [7, 11) is 1.67. The first kappa shape index (κ1) is 20.0. The number of nitrogens with one attached hydrogen (secondary N) is 2. The van der Waals surface area contributed by atoms with Crippen molar-refractivity contribution < 1.29 is 9.53 Å². The maximum atomic E-state index is 12.8. The number of imidazole rings is 1. The number of para-hydroxylation sites is 2. The van der Waals surface area contributed by atoms with E-state index in [-0.39, 0.29) is 11.9 Å². The molecule has 0 bridgehead atoms. The van der Waals surface area contributed by atoms with Crippen LogP contribution in [0, 0.1) is 5.92 Å². The van der Waals surface area contributed by atoms with Gasteiger partial charge in [-0.3, -0.25) is 4.79 Å². The standard InChI is InChI=1S/C24H28N4O2/c1-16(2)15-20(24-26-18-7-4-5-8-19(18)27-24)25-23(29)12-14-28-13-11-17-21(28)9-6-10-22(17)30-3/h4-11,13,16,20H,12,14-15H2,1-3H3,(H,25,29)(H,26,27)/t20-/m0/s1. The number of nitrogens with zero attached hydrogens (tertiary/aromatic N) is 2. The molecule has 6 heteroatoms. The lowest BCUT2D eigenvalue weighted by Gasteiger charge is -2.19. The van der Waals surface area contributed by atoms with E-state index in [1.54, 1.807) is 7.11 Å². The summed E-state index contributed by atoms with van der Waals surface area (Å²) in [6.07, 6.45) is 3.23. The van der Waals surface area contributed by atoms with Crippen LogP contribution in [-0.4, -0.2) is 27.6 Å². The van der Waals surface area contributed by atoms with E-state index in [0.29, 0.717) is 18.9 Å². The number of ether oxygens (including phenoxy) is 1. The first-order chi connectivity index (χ1) is 14.5. The highest BCUT2D eigenvalue weighted by Gasteiger charge is 2.20. The predicted octanol–water partition coefficient (Wildman–Crippen LogP) is 4.82. The summed E-state index contributed by atoms with van der Waals surface area (Å²) >= 11 is 0. The van der Waals surface area contributed by atoms with Gasteiger partial charge in [-0.15, -0.1) is 0 Å². The molecule has 156 valence electrons. The molecule has 30 heavy (non-hydrogen) atoms. The van der Waals surface area contributed by atoms with Crippen molar-refractivity contribution >= 4 is 27.8 Å². The lowest BCUT2D eigenvalue weighted by molar-refractivity contribution is -0.122. The highest BCUT2D eigenvalue weighted by atomic mass is 16.5. The smallest absolute Gasteiger partial charge is 0.222 e. The summed E-state index contributed by atoms with van der Waals surface area (Å²) in [5.74, 6) is 2.11. The van der Waals surface area contributed by atoms with Crippen LogP contribution in [-0.2, 0) is 11.3 Å². The molecule has 0 saturated heterocycles. The molecule has 2 N–H and O–H groups in total. The molecule has 0 saturated carbocycles. The first-order valence-electron chi connectivity index (χ1n) is 10.4. The van der Waals surface area contributed by atoms with E-state index < -0.39 is 0 Å². The fourth-order valence-corrected chi connectivity index (χ4v) is 3.90. The van der Waals surface area contributed by atoms with E-state index in [4.69, 9.17) is 9.72 Å². The summed E-state index contributed by atoms with van der Waals surface area (Å²) in [6.45, 7) is 4.92. The van der Waals surface area contributed by atoms with Crippen LogP contribution in [0.2, 0.25) is 0 Å². The van der Waals surface area contributed by atoms with Gasteiger partial charge in [0, 0.05) is 24.5 Å². The Kier molecular flexibility index (Phi) is 5.74. The van der Waals surface area contributed by atoms with Crippen molar-refractivity contribution in [2.24, 2.45) is 5.92 Å². The maximum absolute atomic E-state index is 12.8. The third-order valence-electron chi connectivity index (χ3n) is 5.35. The number of aryl methyl sites for hydroxylation is 1. The van der Waals surface area contributed by atoms with Crippen LogP contribution in [0.3, 0.4) is 0 Å². The molecule has 0 aliphatic heterocycles. The van der Waals surface area contributed by atoms with Gasteiger partial charge in [0.15, 0.2) is 0 Å². The third-order valence-corrected chi connectivity index (χ3v) is 5.35. The molecule has 2 aromatic heterocycles. The number of fused-ring (bicyclic) bond motifs is 2. The minimum Gasteiger partial charge on any atom is -0.496 e. The van der Waals surface area contributed by atoms with E-state index in [2.05, 4.69) is 28.7 Å². The average Bonchev–Trinajstić information content (AvgIpc) is 3.35. The Labute approximate surface area is 176 Å². The van der Waals surface area contributed by atoms with Gasteiger partial charge in [0.25, 0.3) is 0 Å². The number of hydrogen-bond donors (Lipinski definition) is 2. The van der Waals surface area contributed by atoms with Crippen LogP contribution in [0.15, 0.2) is 54.7 Å². The molecule has 1 amide bonds. The number of methoxy groups -OCH3 is 1. The Morgan fingerprint density at radius 1 is 1.17 bits per heavy atom. The Hall–Kier alpha value is -3.28. The van der Waals surface area contributed by atoms with Gasteiger partial charge in [-0.1, -0.05) is 32.0 Å². The van der Waals surface area contributed by atoms with Gasteiger partial charge < -0.3 is 19.6 Å². The van der Waals surface area contributed by atoms with Crippen molar-refractivity contribution in [3.05, 3.63) is 60.6 Å². The first-order valence-corrected chi connectivity index (χ1v) is 10.4. The minimum atomic E-state index is -0.133. The van der Waals surface area contributed by atoms with Crippen molar-refractivity contribution in [3.63, 3.8) is 0 Å². The molecular formula is C24H28N4O2. The second-order valence-electron chi connectivity index (χ2n) is 8.04. The number of benzene rings is 2. The predicted molar refractivity (Wildman–Crippen MR) is 120 cm³/mol. The monoisotopic (exact) mass is 404 g/mol. The number of hydrogen-bond acceptors (Lipinski definition) is 3. The van der Waals surface area contributed by atoms with E-state index in [0.717, 1.165) is 39.9 Å². The number of amides is 1. The maximum Gasteiger partial charge on any atom is 0.222 e. The second kappa shape index (κ2) is 8.61.